The fraction of sp³-hybridized carbons (Fsp3) is 0.0400. The molecule has 0 spiro atoms. The number of carbonyl (C=O) groups is 1. The molecule has 0 heterocycles. The summed E-state index contributed by atoms with van der Waals surface area (Å²) in [5, 5.41) is 6.86. The number of halogens is 3. The van der Waals surface area contributed by atoms with Gasteiger partial charge in [0.15, 0.2) is 0 Å². The summed E-state index contributed by atoms with van der Waals surface area (Å²) >= 11 is 15.4. The highest BCUT2D eigenvalue weighted by molar-refractivity contribution is 9.10. The largest absolute Gasteiger partial charge is 0.488 e. The van der Waals surface area contributed by atoms with Gasteiger partial charge in [0.2, 0.25) is 0 Å². The van der Waals surface area contributed by atoms with Crippen molar-refractivity contribution in [3.63, 3.8) is 0 Å². The quantitative estimate of drug-likeness (QED) is 0.212. The topological polar surface area (TPSA) is 50.7 Å². The number of hydrogen-bond acceptors (Lipinski definition) is 3. The number of fused-ring (bicyclic) bond motifs is 1. The van der Waals surface area contributed by atoms with Crippen LogP contribution in [0.2, 0.25) is 10.0 Å². The first-order chi connectivity index (χ1) is 15.5. The highest BCUT2D eigenvalue weighted by Gasteiger charge is 2.10. The van der Waals surface area contributed by atoms with E-state index in [0.717, 1.165) is 26.4 Å². The predicted octanol–water partition coefficient (Wildman–Crippen LogP) is 7.25. The van der Waals surface area contributed by atoms with Gasteiger partial charge in [0.1, 0.15) is 12.4 Å². The molecule has 0 atom stereocenters. The summed E-state index contributed by atoms with van der Waals surface area (Å²) in [6.45, 7) is 0.397. The third-order valence-corrected chi connectivity index (χ3v) is 5.99. The molecular weight excluding hydrogens is 511 g/mol. The average molecular weight is 528 g/mol. The fourth-order valence-corrected chi connectivity index (χ4v) is 3.92. The van der Waals surface area contributed by atoms with Crippen LogP contribution in [0.3, 0.4) is 0 Å². The van der Waals surface area contributed by atoms with Crippen molar-refractivity contribution in [1.29, 1.82) is 0 Å². The molecule has 1 amide bonds. The van der Waals surface area contributed by atoms with Gasteiger partial charge in [-0.2, -0.15) is 5.10 Å². The second kappa shape index (κ2) is 10.2. The Morgan fingerprint density at radius 1 is 0.969 bits per heavy atom. The minimum atomic E-state index is -0.392. The molecule has 0 aliphatic rings. The number of rotatable bonds is 6. The van der Waals surface area contributed by atoms with Crippen LogP contribution in [0.1, 0.15) is 21.5 Å². The molecule has 0 bridgehead atoms. The maximum atomic E-state index is 12.4. The Kier molecular flexibility index (Phi) is 7.10. The van der Waals surface area contributed by atoms with E-state index in [1.54, 1.807) is 18.3 Å². The van der Waals surface area contributed by atoms with Crippen molar-refractivity contribution in [3.05, 3.63) is 110 Å². The second-order valence-corrected chi connectivity index (χ2v) is 8.68. The van der Waals surface area contributed by atoms with Crippen LogP contribution in [0.25, 0.3) is 10.8 Å². The molecule has 4 aromatic carbocycles. The summed E-state index contributed by atoms with van der Waals surface area (Å²) in [6.07, 6.45) is 1.59. The van der Waals surface area contributed by atoms with Crippen molar-refractivity contribution in [2.45, 2.75) is 6.61 Å². The Hall–Kier alpha value is -2.86. The third-order valence-electron chi connectivity index (χ3n) is 4.76. The molecule has 0 fully saturated rings. The first kappa shape index (κ1) is 22.3. The van der Waals surface area contributed by atoms with Crippen molar-refractivity contribution >= 4 is 62.0 Å². The molecular formula is C25H17BrCl2N2O2. The standard InChI is InChI=1S/C25H17BrCl2N2O2/c26-19-6-3-4-16(12-19)15-32-24-11-9-17-5-1-2-7-20(17)21(24)14-29-30-25(31)18-8-10-22(27)23(28)13-18/h1-14H,15H2,(H,30,31)/b29-14+. The van der Waals surface area contributed by atoms with Gasteiger partial charge in [-0.25, -0.2) is 5.43 Å². The van der Waals surface area contributed by atoms with Gasteiger partial charge in [-0.05, 0) is 52.7 Å². The summed E-state index contributed by atoms with van der Waals surface area (Å²) in [6, 6.07) is 24.4. The second-order valence-electron chi connectivity index (χ2n) is 6.95. The van der Waals surface area contributed by atoms with Crippen LogP contribution in [0.5, 0.6) is 5.75 Å². The number of nitrogens with one attached hydrogen (secondary N) is 1. The molecule has 4 rings (SSSR count). The van der Waals surface area contributed by atoms with Crippen LogP contribution >= 0.6 is 39.1 Å². The SMILES string of the molecule is O=C(N/N=C/c1c(OCc2cccc(Br)c2)ccc2ccccc12)c1ccc(Cl)c(Cl)c1. The fourth-order valence-electron chi connectivity index (χ4n) is 3.18. The lowest BCUT2D eigenvalue weighted by molar-refractivity contribution is 0.0955. The molecule has 0 aliphatic heterocycles. The molecule has 4 nitrogen and oxygen atoms in total. The van der Waals surface area contributed by atoms with Gasteiger partial charge < -0.3 is 4.74 Å². The zero-order valence-corrected chi connectivity index (χ0v) is 19.8. The zero-order valence-electron chi connectivity index (χ0n) is 16.7. The number of amides is 1. The Bertz CT molecular complexity index is 1320. The van der Waals surface area contributed by atoms with Crippen molar-refractivity contribution in [2.75, 3.05) is 0 Å². The highest BCUT2D eigenvalue weighted by atomic mass is 79.9. The molecule has 0 aromatic heterocycles. The van der Waals surface area contributed by atoms with E-state index in [4.69, 9.17) is 27.9 Å². The maximum absolute atomic E-state index is 12.4. The van der Waals surface area contributed by atoms with Gasteiger partial charge >= 0.3 is 0 Å². The Morgan fingerprint density at radius 2 is 1.81 bits per heavy atom. The van der Waals surface area contributed by atoms with E-state index in [9.17, 15) is 4.79 Å². The minimum absolute atomic E-state index is 0.306. The van der Waals surface area contributed by atoms with Crippen molar-refractivity contribution in [3.8, 4) is 5.75 Å². The number of benzene rings is 4. The van der Waals surface area contributed by atoms with E-state index in [1.807, 2.05) is 60.7 Å². The predicted molar refractivity (Wildman–Crippen MR) is 134 cm³/mol. The normalized spacial score (nSPS) is 11.1. The highest BCUT2D eigenvalue weighted by Crippen LogP contribution is 2.28. The summed E-state index contributed by atoms with van der Waals surface area (Å²) in [5.74, 6) is 0.271. The molecule has 0 aliphatic carbocycles. The van der Waals surface area contributed by atoms with E-state index in [2.05, 4.69) is 26.5 Å². The maximum Gasteiger partial charge on any atom is 0.271 e. The van der Waals surface area contributed by atoms with Gasteiger partial charge in [0, 0.05) is 15.6 Å². The van der Waals surface area contributed by atoms with Crippen LogP contribution in [0.15, 0.2) is 88.4 Å². The van der Waals surface area contributed by atoms with Crippen molar-refractivity contribution in [1.82, 2.24) is 5.43 Å². The number of carbonyl (C=O) groups excluding carboxylic acids is 1. The number of hydrazone groups is 1. The Morgan fingerprint density at radius 3 is 2.62 bits per heavy atom. The Labute approximate surface area is 203 Å². The lowest BCUT2D eigenvalue weighted by atomic mass is 10.0. The Balaban J connectivity index is 1.58. The van der Waals surface area contributed by atoms with Gasteiger partial charge in [-0.3, -0.25) is 4.79 Å². The zero-order chi connectivity index (χ0) is 22.5. The van der Waals surface area contributed by atoms with Gasteiger partial charge in [-0.15, -0.1) is 0 Å². The van der Waals surface area contributed by atoms with Crippen LogP contribution in [-0.4, -0.2) is 12.1 Å². The number of nitrogens with zero attached hydrogens (tertiary/aromatic N) is 1. The molecule has 7 heteroatoms. The number of hydrogen-bond donors (Lipinski definition) is 1. The van der Waals surface area contributed by atoms with Crippen molar-refractivity contribution in [2.24, 2.45) is 5.10 Å². The molecule has 160 valence electrons. The number of ether oxygens (including phenoxy) is 1. The van der Waals surface area contributed by atoms with E-state index in [-0.39, 0.29) is 0 Å². The first-order valence-corrected chi connectivity index (χ1v) is 11.2. The van der Waals surface area contributed by atoms with Gasteiger partial charge in [0.05, 0.1) is 16.3 Å². The van der Waals surface area contributed by atoms with Crippen LogP contribution in [0.4, 0.5) is 0 Å². The molecule has 0 saturated heterocycles. The molecule has 0 radical (unpaired) electrons. The molecule has 0 unspecified atom stereocenters. The molecule has 1 N–H and O–H groups in total. The van der Waals surface area contributed by atoms with Crippen LogP contribution in [-0.2, 0) is 6.61 Å². The van der Waals surface area contributed by atoms with Gasteiger partial charge in [0.25, 0.3) is 5.91 Å². The third kappa shape index (κ3) is 5.30. The summed E-state index contributed by atoms with van der Waals surface area (Å²) in [4.78, 5) is 12.4. The van der Waals surface area contributed by atoms with E-state index in [0.29, 0.717) is 28.0 Å². The lowest BCUT2D eigenvalue weighted by Gasteiger charge is -2.12. The lowest BCUT2D eigenvalue weighted by Crippen LogP contribution is -2.17. The van der Waals surface area contributed by atoms with E-state index < -0.39 is 5.91 Å². The molecule has 0 saturated carbocycles. The van der Waals surface area contributed by atoms with Gasteiger partial charge in [-0.1, -0.05) is 81.6 Å². The first-order valence-electron chi connectivity index (χ1n) is 9.69. The van der Waals surface area contributed by atoms with Crippen LogP contribution in [0, 0.1) is 0 Å². The average Bonchev–Trinajstić information content (AvgIpc) is 2.80. The minimum Gasteiger partial charge on any atom is -0.488 e. The smallest absolute Gasteiger partial charge is 0.271 e. The summed E-state index contributed by atoms with van der Waals surface area (Å²) in [5.41, 5.74) is 4.70. The summed E-state index contributed by atoms with van der Waals surface area (Å²) in [7, 11) is 0. The molecule has 32 heavy (non-hydrogen) atoms. The summed E-state index contributed by atoms with van der Waals surface area (Å²) < 4.78 is 7.09. The monoisotopic (exact) mass is 526 g/mol. The molecule has 4 aromatic rings. The van der Waals surface area contributed by atoms with Crippen LogP contribution < -0.4 is 10.2 Å². The van der Waals surface area contributed by atoms with E-state index >= 15 is 0 Å². The van der Waals surface area contributed by atoms with E-state index in [1.165, 1.54) is 6.07 Å². The van der Waals surface area contributed by atoms with Crippen molar-refractivity contribution < 1.29 is 9.53 Å².